The molecule has 3 heterocycles. The number of hydrogen-bond donors (Lipinski definition) is 2. The van der Waals surface area contributed by atoms with Gasteiger partial charge in [-0.2, -0.15) is 0 Å². The number of fused-ring (bicyclic) bond motifs is 1. The summed E-state index contributed by atoms with van der Waals surface area (Å²) >= 11 is 7.74. The number of para-hydroxylation sites is 1. The SMILES string of the molecule is CCOC(=O)c1sc2nc(C(C)OC(=O)c3ccccc3NS(=O)(=O)c3ccc(Cl)s3)[nH]c(=O)c2c1C. The Kier molecular flexibility index (Phi) is 7.69. The highest BCUT2D eigenvalue weighted by molar-refractivity contribution is 7.94. The van der Waals surface area contributed by atoms with E-state index in [1.54, 1.807) is 26.0 Å². The van der Waals surface area contributed by atoms with Gasteiger partial charge in [-0.25, -0.2) is 23.0 Å². The molecular formula is C23H20ClN3O7S3. The van der Waals surface area contributed by atoms with Crippen molar-refractivity contribution >= 4 is 72.1 Å². The van der Waals surface area contributed by atoms with Crippen molar-refractivity contribution in [2.45, 2.75) is 31.1 Å². The summed E-state index contributed by atoms with van der Waals surface area (Å²) in [5.41, 5.74) is -0.0683. The average Bonchev–Trinajstić information content (AvgIpc) is 3.43. The first kappa shape index (κ1) is 26.8. The van der Waals surface area contributed by atoms with Gasteiger partial charge in [0.15, 0.2) is 11.9 Å². The number of aryl methyl sites for hydroxylation is 1. The number of H-pyrrole nitrogens is 1. The summed E-state index contributed by atoms with van der Waals surface area (Å²) in [5.74, 6) is -1.33. The van der Waals surface area contributed by atoms with E-state index in [1.807, 2.05) is 0 Å². The molecule has 0 saturated carbocycles. The van der Waals surface area contributed by atoms with Gasteiger partial charge in [-0.15, -0.1) is 22.7 Å². The number of hydrogen-bond acceptors (Lipinski definition) is 10. The number of carbonyl (C=O) groups is 2. The van der Waals surface area contributed by atoms with Gasteiger partial charge in [-0.05, 0) is 50.6 Å². The van der Waals surface area contributed by atoms with Gasteiger partial charge in [0.25, 0.3) is 15.6 Å². The van der Waals surface area contributed by atoms with Crippen molar-refractivity contribution in [3.8, 4) is 0 Å². The Bertz CT molecular complexity index is 1670. The fourth-order valence-electron chi connectivity index (χ4n) is 3.41. The van der Waals surface area contributed by atoms with Crippen molar-refractivity contribution < 1.29 is 27.5 Å². The van der Waals surface area contributed by atoms with Crippen LogP contribution in [-0.4, -0.2) is 36.9 Å². The fraction of sp³-hybridized carbons (Fsp3) is 0.217. The Balaban J connectivity index is 1.59. The van der Waals surface area contributed by atoms with E-state index in [4.69, 9.17) is 21.1 Å². The number of aromatic nitrogens is 2. The molecule has 10 nitrogen and oxygen atoms in total. The molecule has 0 amide bonds. The van der Waals surface area contributed by atoms with Crippen molar-refractivity contribution in [2.75, 3.05) is 11.3 Å². The molecule has 0 saturated heterocycles. The third-order valence-corrected chi connectivity index (χ3v) is 9.41. The van der Waals surface area contributed by atoms with E-state index < -0.39 is 33.6 Å². The first-order valence-corrected chi connectivity index (χ1v) is 14.3. The number of nitrogens with one attached hydrogen (secondary N) is 2. The van der Waals surface area contributed by atoms with E-state index in [9.17, 15) is 22.8 Å². The number of rotatable bonds is 8. The van der Waals surface area contributed by atoms with Crippen LogP contribution in [0.2, 0.25) is 4.34 Å². The van der Waals surface area contributed by atoms with Gasteiger partial charge in [-0.1, -0.05) is 23.7 Å². The van der Waals surface area contributed by atoms with E-state index in [0.29, 0.717) is 14.7 Å². The largest absolute Gasteiger partial charge is 0.462 e. The van der Waals surface area contributed by atoms with E-state index in [-0.39, 0.29) is 38.2 Å². The van der Waals surface area contributed by atoms with Crippen LogP contribution in [0.5, 0.6) is 0 Å². The Morgan fingerprint density at radius 1 is 1.16 bits per heavy atom. The smallest absolute Gasteiger partial charge is 0.348 e. The maximum atomic E-state index is 13.0. The maximum Gasteiger partial charge on any atom is 0.348 e. The first-order chi connectivity index (χ1) is 17.5. The Hall–Kier alpha value is -3.26. The van der Waals surface area contributed by atoms with Crippen LogP contribution in [0.1, 0.15) is 51.4 Å². The zero-order valence-corrected chi connectivity index (χ0v) is 22.9. The average molecular weight is 582 g/mol. The predicted molar refractivity (Wildman–Crippen MR) is 141 cm³/mol. The second-order valence-electron chi connectivity index (χ2n) is 7.67. The molecule has 1 unspecified atom stereocenters. The van der Waals surface area contributed by atoms with Crippen LogP contribution < -0.4 is 10.3 Å². The van der Waals surface area contributed by atoms with E-state index in [2.05, 4.69) is 14.7 Å². The molecular weight excluding hydrogens is 562 g/mol. The van der Waals surface area contributed by atoms with E-state index in [0.717, 1.165) is 22.7 Å². The van der Waals surface area contributed by atoms with Gasteiger partial charge in [0.05, 0.1) is 27.6 Å². The zero-order chi connectivity index (χ0) is 26.9. The first-order valence-electron chi connectivity index (χ1n) is 10.8. The van der Waals surface area contributed by atoms with Gasteiger partial charge >= 0.3 is 11.9 Å². The van der Waals surface area contributed by atoms with Crippen LogP contribution in [-0.2, 0) is 19.5 Å². The van der Waals surface area contributed by atoms with Crippen LogP contribution in [0.15, 0.2) is 45.4 Å². The Morgan fingerprint density at radius 3 is 2.57 bits per heavy atom. The number of carbonyl (C=O) groups excluding carboxylic acids is 2. The van der Waals surface area contributed by atoms with Crippen LogP contribution in [0, 0.1) is 6.92 Å². The summed E-state index contributed by atoms with van der Waals surface area (Å²) < 4.78 is 38.7. The number of aromatic amines is 1. The lowest BCUT2D eigenvalue weighted by atomic mass is 10.2. The number of esters is 2. The number of halogens is 1. The lowest BCUT2D eigenvalue weighted by molar-refractivity contribution is 0.0321. The number of anilines is 1. The third-order valence-electron chi connectivity index (χ3n) is 5.15. The minimum absolute atomic E-state index is 0.00841. The maximum absolute atomic E-state index is 13.0. The van der Waals surface area contributed by atoms with Crippen molar-refractivity contribution in [3.63, 3.8) is 0 Å². The molecule has 14 heteroatoms. The van der Waals surface area contributed by atoms with Gasteiger partial charge in [-0.3, -0.25) is 9.52 Å². The normalized spacial score (nSPS) is 12.3. The molecule has 37 heavy (non-hydrogen) atoms. The highest BCUT2D eigenvalue weighted by Crippen LogP contribution is 2.30. The fourth-order valence-corrected chi connectivity index (χ4v) is 7.06. The summed E-state index contributed by atoms with van der Waals surface area (Å²) in [4.78, 5) is 45.5. The number of benzene rings is 1. The second kappa shape index (κ2) is 10.6. The quantitative estimate of drug-likeness (QED) is 0.279. The highest BCUT2D eigenvalue weighted by Gasteiger charge is 2.25. The molecule has 2 N–H and O–H groups in total. The Labute approximate surface area is 224 Å². The molecule has 3 aromatic heterocycles. The summed E-state index contributed by atoms with van der Waals surface area (Å²) in [6.45, 7) is 5.01. The molecule has 4 aromatic rings. The van der Waals surface area contributed by atoms with Crippen molar-refractivity contribution in [1.82, 2.24) is 9.97 Å². The van der Waals surface area contributed by atoms with Crippen molar-refractivity contribution in [1.29, 1.82) is 0 Å². The molecule has 0 radical (unpaired) electrons. The lowest BCUT2D eigenvalue weighted by Gasteiger charge is -2.15. The number of thiophene rings is 2. The van der Waals surface area contributed by atoms with Gasteiger partial charge < -0.3 is 14.5 Å². The van der Waals surface area contributed by atoms with Crippen LogP contribution in [0.3, 0.4) is 0 Å². The highest BCUT2D eigenvalue weighted by atomic mass is 35.5. The molecule has 0 aliphatic carbocycles. The third kappa shape index (κ3) is 5.54. The second-order valence-corrected chi connectivity index (χ2v) is 12.3. The topological polar surface area (TPSA) is 145 Å². The number of nitrogens with zero attached hydrogens (tertiary/aromatic N) is 1. The summed E-state index contributed by atoms with van der Waals surface area (Å²) in [6.07, 6.45) is -1.00. The summed E-state index contributed by atoms with van der Waals surface area (Å²) in [5, 5.41) is 0.253. The van der Waals surface area contributed by atoms with Crippen LogP contribution >= 0.6 is 34.3 Å². The van der Waals surface area contributed by atoms with E-state index in [1.165, 1.54) is 31.2 Å². The molecule has 1 aromatic carbocycles. The zero-order valence-electron chi connectivity index (χ0n) is 19.7. The van der Waals surface area contributed by atoms with Crippen LogP contribution in [0.4, 0.5) is 5.69 Å². The predicted octanol–water partition coefficient (Wildman–Crippen LogP) is 4.90. The molecule has 4 rings (SSSR count). The molecule has 194 valence electrons. The van der Waals surface area contributed by atoms with Crippen molar-refractivity contribution in [3.05, 3.63) is 72.9 Å². The lowest BCUT2D eigenvalue weighted by Crippen LogP contribution is -2.19. The summed E-state index contributed by atoms with van der Waals surface area (Å²) in [7, 11) is -3.99. The number of sulfonamides is 1. The van der Waals surface area contributed by atoms with Gasteiger partial charge in [0.1, 0.15) is 13.9 Å². The van der Waals surface area contributed by atoms with Gasteiger partial charge in [0.2, 0.25) is 0 Å². The standard InChI is InChI=1S/C23H20ClN3O7S3/c1-4-33-23(30)18-11(2)17-20(28)25-19(26-21(17)36-18)12(3)34-22(29)13-7-5-6-8-14(13)27-37(31,32)16-10-9-15(24)35-16/h5-10,12,27H,4H2,1-3H3,(H,25,26,28). The molecule has 0 fully saturated rings. The minimum Gasteiger partial charge on any atom is -0.462 e. The van der Waals surface area contributed by atoms with Crippen molar-refractivity contribution in [2.24, 2.45) is 0 Å². The van der Waals surface area contributed by atoms with E-state index >= 15 is 0 Å². The number of ether oxygens (including phenoxy) is 2. The summed E-state index contributed by atoms with van der Waals surface area (Å²) in [6, 6.07) is 8.76. The monoisotopic (exact) mass is 581 g/mol. The van der Waals surface area contributed by atoms with Crippen LogP contribution in [0.25, 0.3) is 10.2 Å². The molecule has 0 spiro atoms. The molecule has 1 atom stereocenters. The minimum atomic E-state index is -3.99. The Morgan fingerprint density at radius 2 is 1.89 bits per heavy atom. The molecule has 0 aliphatic heterocycles. The molecule has 0 bridgehead atoms. The molecule has 0 aliphatic rings. The van der Waals surface area contributed by atoms with Gasteiger partial charge in [0, 0.05) is 0 Å².